The lowest BCUT2D eigenvalue weighted by Gasteiger charge is -2.26. The van der Waals surface area contributed by atoms with E-state index >= 15 is 0 Å². The van der Waals surface area contributed by atoms with Gasteiger partial charge in [0, 0.05) is 28.9 Å². The van der Waals surface area contributed by atoms with Crippen LogP contribution in [0.3, 0.4) is 0 Å². The smallest absolute Gasteiger partial charge is 0.407 e. The summed E-state index contributed by atoms with van der Waals surface area (Å²) in [4.78, 5) is 61.6. The molecule has 14 heteroatoms. The first-order valence-electron chi connectivity index (χ1n) is 21.2. The number of hydrogen-bond donors (Lipinski definition) is 3. The maximum Gasteiger partial charge on any atom is 0.407 e. The van der Waals surface area contributed by atoms with Crippen LogP contribution in [0.25, 0.3) is 33.3 Å². The van der Waals surface area contributed by atoms with Crippen LogP contribution in [0.2, 0.25) is 0 Å². The Kier molecular flexibility index (Phi) is 10.7. The zero-order valence-corrected chi connectivity index (χ0v) is 33.7. The lowest BCUT2D eigenvalue weighted by molar-refractivity contribution is -0.136. The third kappa shape index (κ3) is 8.20. The van der Waals surface area contributed by atoms with Gasteiger partial charge in [0.25, 0.3) is 5.91 Å². The molecule has 1 aliphatic heterocycles. The number of pyridine rings is 1. The first kappa shape index (κ1) is 39.2. The lowest BCUT2D eigenvalue weighted by atomic mass is 9.86. The summed E-state index contributed by atoms with van der Waals surface area (Å²) < 4.78 is 47.0. The van der Waals surface area contributed by atoms with Crippen molar-refractivity contribution in [3.63, 3.8) is 0 Å². The fourth-order valence-corrected chi connectivity index (χ4v) is 10.6. The van der Waals surface area contributed by atoms with Crippen LogP contribution < -0.4 is 20.1 Å². The highest BCUT2D eigenvalue weighted by Crippen LogP contribution is 2.47. The topological polar surface area (TPSA) is 183 Å². The van der Waals surface area contributed by atoms with Gasteiger partial charge in [0.1, 0.15) is 28.8 Å². The Balaban J connectivity index is 1.05. The van der Waals surface area contributed by atoms with Crippen LogP contribution in [0.15, 0.2) is 77.2 Å². The molecule has 0 bridgehead atoms. The van der Waals surface area contributed by atoms with Crippen molar-refractivity contribution in [1.29, 1.82) is 0 Å². The number of aromatic nitrogens is 1. The standard InChI is InChI=1S/C45H50N4O9S/c50-40-33-23-30(56-38-25-36(27-13-5-4-6-14-27)46-39-32-18-11-12-20-37(32)58-41(38)39)24-34(33)42(51)48-45(43(52)49-59(54,55)31-21-22-31)26-28(45)15-7-2-1-3-8-19-35(40)47-44(53)57-29-16-9-10-17-29/h4-7,11-15,18,20,25,28-31,33-35H,1-3,8-10,16-17,19,21-24,26H2,(H,47,53)(H,48,51)(H,49,52)/b15-7-/t28-,30-,33?,34+,35-,45+/m0/s1. The second-order valence-corrected chi connectivity index (χ2v) is 19.0. The van der Waals surface area contributed by atoms with Gasteiger partial charge in [0.05, 0.1) is 22.9 Å². The highest BCUT2D eigenvalue weighted by molar-refractivity contribution is 7.91. The van der Waals surface area contributed by atoms with E-state index in [2.05, 4.69) is 15.4 Å². The molecule has 13 nitrogen and oxygen atoms in total. The number of amides is 3. The second-order valence-electron chi connectivity index (χ2n) is 17.0. The van der Waals surface area contributed by atoms with Gasteiger partial charge in [-0.2, -0.15) is 0 Å². The van der Waals surface area contributed by atoms with Gasteiger partial charge in [-0.05, 0) is 89.2 Å². The van der Waals surface area contributed by atoms with E-state index in [1.165, 1.54) is 0 Å². The molecule has 310 valence electrons. The Labute approximate surface area is 343 Å². The fourth-order valence-electron chi connectivity index (χ4n) is 9.27. The van der Waals surface area contributed by atoms with E-state index in [0.717, 1.165) is 49.5 Å². The zero-order chi connectivity index (χ0) is 40.7. The zero-order valence-electron chi connectivity index (χ0n) is 32.9. The van der Waals surface area contributed by atoms with E-state index < -0.39 is 68.6 Å². The summed E-state index contributed by atoms with van der Waals surface area (Å²) in [5.74, 6) is -3.47. The number of carbonyl (C=O) groups is 4. The van der Waals surface area contributed by atoms with Crippen LogP contribution in [-0.4, -0.2) is 66.1 Å². The normalized spacial score (nSPS) is 28.4. The van der Waals surface area contributed by atoms with E-state index in [9.17, 15) is 27.6 Å². The predicted molar refractivity (Wildman–Crippen MR) is 220 cm³/mol. The predicted octanol–water partition coefficient (Wildman–Crippen LogP) is 7.03. The van der Waals surface area contributed by atoms with Gasteiger partial charge in [0.15, 0.2) is 17.1 Å². The summed E-state index contributed by atoms with van der Waals surface area (Å²) >= 11 is 0. The first-order chi connectivity index (χ1) is 28.6. The number of ketones is 1. The largest absolute Gasteiger partial charge is 0.486 e. The summed E-state index contributed by atoms with van der Waals surface area (Å²) in [6.45, 7) is 0. The van der Waals surface area contributed by atoms with Crippen LogP contribution >= 0.6 is 0 Å². The van der Waals surface area contributed by atoms with Gasteiger partial charge in [-0.25, -0.2) is 18.2 Å². The van der Waals surface area contributed by atoms with E-state index in [0.29, 0.717) is 60.2 Å². The van der Waals surface area contributed by atoms with Crippen molar-refractivity contribution in [2.45, 2.75) is 119 Å². The van der Waals surface area contributed by atoms with Crippen LogP contribution in [0.4, 0.5) is 4.79 Å². The molecule has 0 radical (unpaired) electrons. The number of sulfonamides is 1. The number of furan rings is 1. The fraction of sp³-hybridized carbons (Fsp3) is 0.489. The highest BCUT2D eigenvalue weighted by atomic mass is 32.2. The SMILES string of the molecule is O=C(N[C@H]1CCCCC/C=C\[C@H]2C[C@@]2(C(=O)NS(=O)(=O)C2CC2)NC(=O)[C@@H]2C[C@@H](Oc3cc(-c4ccccc4)nc4c3oc3ccccc34)CC2C1=O)OC1CCCC1. The van der Waals surface area contributed by atoms with Crippen LogP contribution in [-0.2, 0) is 29.1 Å². The number of hydrogen-bond acceptors (Lipinski definition) is 10. The van der Waals surface area contributed by atoms with E-state index in [1.807, 2.05) is 72.8 Å². The number of alkyl carbamates (subject to hydrolysis) is 1. The summed E-state index contributed by atoms with van der Waals surface area (Å²) in [5, 5.41) is 6.03. The average molecular weight is 823 g/mol. The molecular weight excluding hydrogens is 773 g/mol. The van der Waals surface area contributed by atoms with E-state index in [1.54, 1.807) is 0 Å². The van der Waals surface area contributed by atoms with Gasteiger partial charge in [-0.3, -0.25) is 19.1 Å². The molecule has 3 N–H and O–H groups in total. The molecule has 3 amide bonds. The van der Waals surface area contributed by atoms with E-state index in [-0.39, 0.29) is 31.1 Å². The molecule has 2 aromatic heterocycles. The molecule has 4 aromatic rings. The van der Waals surface area contributed by atoms with Gasteiger partial charge < -0.3 is 24.5 Å². The number of carbonyl (C=O) groups excluding carboxylic acids is 4. The molecule has 0 spiro atoms. The van der Waals surface area contributed by atoms with Crippen molar-refractivity contribution in [1.82, 2.24) is 20.3 Å². The molecule has 0 saturated heterocycles. The Morgan fingerprint density at radius 3 is 2.41 bits per heavy atom. The minimum absolute atomic E-state index is 0.116. The minimum Gasteiger partial charge on any atom is -0.486 e. The average Bonchev–Trinajstić information content (AvgIpc) is 4.04. The van der Waals surface area contributed by atoms with E-state index in [4.69, 9.17) is 18.9 Å². The van der Waals surface area contributed by atoms with Crippen LogP contribution in [0.5, 0.6) is 5.75 Å². The Morgan fingerprint density at radius 2 is 1.61 bits per heavy atom. The molecule has 1 unspecified atom stereocenters. The molecule has 5 aliphatic rings. The number of rotatable bonds is 8. The van der Waals surface area contributed by atoms with Crippen molar-refractivity contribution in [2.75, 3.05) is 0 Å². The third-order valence-electron chi connectivity index (χ3n) is 12.8. The number of nitrogens with zero attached hydrogens (tertiary/aromatic N) is 1. The Morgan fingerprint density at radius 1 is 0.864 bits per heavy atom. The summed E-state index contributed by atoms with van der Waals surface area (Å²) in [7, 11) is -3.89. The van der Waals surface area contributed by atoms with Gasteiger partial charge in [-0.1, -0.05) is 67.5 Å². The lowest BCUT2D eigenvalue weighted by Crippen LogP contribution is -2.54. The van der Waals surface area contributed by atoms with Crippen molar-refractivity contribution in [2.24, 2.45) is 17.8 Å². The summed E-state index contributed by atoms with van der Waals surface area (Å²) in [6, 6.07) is 18.2. The van der Waals surface area contributed by atoms with Crippen molar-refractivity contribution in [3.8, 4) is 17.0 Å². The van der Waals surface area contributed by atoms with Crippen molar-refractivity contribution < 1.29 is 41.5 Å². The maximum atomic E-state index is 14.8. The number of fused-ring (bicyclic) bond motifs is 5. The van der Waals surface area contributed by atoms with Crippen LogP contribution in [0.1, 0.15) is 89.9 Å². The monoisotopic (exact) mass is 822 g/mol. The molecule has 59 heavy (non-hydrogen) atoms. The third-order valence-corrected chi connectivity index (χ3v) is 14.6. The van der Waals surface area contributed by atoms with Crippen LogP contribution in [0, 0.1) is 17.8 Å². The summed E-state index contributed by atoms with van der Waals surface area (Å²) in [5.41, 5.74) is 1.73. The maximum absolute atomic E-state index is 14.8. The molecule has 2 aromatic carbocycles. The highest BCUT2D eigenvalue weighted by Gasteiger charge is 2.62. The number of benzene rings is 2. The molecule has 6 atom stereocenters. The number of allylic oxidation sites excluding steroid dienone is 1. The summed E-state index contributed by atoms with van der Waals surface area (Å²) in [6.07, 6.45) is 10.7. The number of Topliss-reactive ketones (excluding diaryl/α,β-unsaturated/α-hetero) is 1. The van der Waals surface area contributed by atoms with Gasteiger partial charge in [0.2, 0.25) is 15.9 Å². The van der Waals surface area contributed by atoms with Gasteiger partial charge in [-0.15, -0.1) is 0 Å². The molecule has 9 rings (SSSR count). The molecular formula is C45H50N4O9S. The molecule has 3 heterocycles. The van der Waals surface area contributed by atoms with Crippen molar-refractivity contribution in [3.05, 3.63) is 72.8 Å². The van der Waals surface area contributed by atoms with Crippen molar-refractivity contribution >= 4 is 55.8 Å². The number of ether oxygens (including phenoxy) is 2. The number of para-hydroxylation sites is 1. The quantitative estimate of drug-likeness (QED) is 0.156. The number of nitrogens with one attached hydrogen (secondary N) is 3. The Bertz CT molecular complexity index is 2410. The first-order valence-corrected chi connectivity index (χ1v) is 22.7. The molecule has 4 aliphatic carbocycles. The Hall–Kier alpha value is -5.24. The molecule has 4 fully saturated rings. The molecule has 4 saturated carbocycles. The van der Waals surface area contributed by atoms with Gasteiger partial charge >= 0.3 is 6.09 Å². The minimum atomic E-state index is -3.89. The second kappa shape index (κ2) is 16.1.